The van der Waals surface area contributed by atoms with Gasteiger partial charge in [-0.3, -0.25) is 0 Å². The van der Waals surface area contributed by atoms with Gasteiger partial charge < -0.3 is 9.67 Å². The van der Waals surface area contributed by atoms with Gasteiger partial charge in [0.05, 0.1) is 0 Å². The average Bonchev–Trinajstić information content (AvgIpc) is 3.09. The third-order valence-corrected chi connectivity index (χ3v) is 5.79. The molecule has 0 atom stereocenters. The molecule has 146 valence electrons. The van der Waals surface area contributed by atoms with E-state index in [9.17, 15) is 5.11 Å². The van der Waals surface area contributed by atoms with Crippen molar-refractivity contribution >= 4 is 45.1 Å². The highest BCUT2D eigenvalue weighted by Crippen LogP contribution is 2.33. The number of phenolic OH excluding ortho intramolecular Hbond substituents is 1. The number of aromatic hydroxyl groups is 1. The summed E-state index contributed by atoms with van der Waals surface area (Å²) in [5, 5.41) is 12.9. The SMILES string of the molecule is Oc1ccc(/C=C(\Cn2c3ccccc3c3ccccc32)c2ccccc2Cl)cc1. The third kappa shape index (κ3) is 3.36. The lowest BCUT2D eigenvalue weighted by Crippen LogP contribution is -2.01. The van der Waals surface area contributed by atoms with Gasteiger partial charge in [0.15, 0.2) is 0 Å². The number of allylic oxidation sites excluding steroid dienone is 1. The Kier molecular flexibility index (Phi) is 4.78. The topological polar surface area (TPSA) is 25.2 Å². The van der Waals surface area contributed by atoms with Crippen molar-refractivity contribution in [2.75, 3.05) is 0 Å². The minimum atomic E-state index is 0.258. The van der Waals surface area contributed by atoms with E-state index in [1.54, 1.807) is 12.1 Å². The Hall–Kier alpha value is -3.49. The molecule has 30 heavy (non-hydrogen) atoms. The second-order valence-electron chi connectivity index (χ2n) is 7.36. The fourth-order valence-corrected chi connectivity index (χ4v) is 4.30. The Morgan fingerprint density at radius 1 is 0.733 bits per heavy atom. The Morgan fingerprint density at radius 2 is 1.30 bits per heavy atom. The van der Waals surface area contributed by atoms with Crippen LogP contribution in [0.25, 0.3) is 33.5 Å². The summed E-state index contributed by atoms with van der Waals surface area (Å²) in [5.74, 6) is 0.258. The molecule has 0 bridgehead atoms. The van der Waals surface area contributed by atoms with Gasteiger partial charge in [0.2, 0.25) is 0 Å². The summed E-state index contributed by atoms with van der Waals surface area (Å²) in [7, 11) is 0. The third-order valence-electron chi connectivity index (χ3n) is 5.46. The van der Waals surface area contributed by atoms with Gasteiger partial charge in [-0.25, -0.2) is 0 Å². The van der Waals surface area contributed by atoms with E-state index in [1.807, 2.05) is 30.3 Å². The fraction of sp³-hybridized carbons (Fsp3) is 0.0370. The van der Waals surface area contributed by atoms with Gasteiger partial charge in [0.25, 0.3) is 0 Å². The molecule has 0 aliphatic carbocycles. The van der Waals surface area contributed by atoms with Gasteiger partial charge in [0, 0.05) is 33.4 Å². The van der Waals surface area contributed by atoms with Crippen molar-refractivity contribution in [3.05, 3.63) is 113 Å². The summed E-state index contributed by atoms with van der Waals surface area (Å²) in [4.78, 5) is 0. The van der Waals surface area contributed by atoms with E-state index in [0.29, 0.717) is 6.54 Å². The monoisotopic (exact) mass is 409 g/mol. The summed E-state index contributed by atoms with van der Waals surface area (Å²) < 4.78 is 2.35. The number of rotatable bonds is 4. The first-order chi connectivity index (χ1) is 14.7. The molecule has 0 saturated heterocycles. The molecule has 2 nitrogen and oxygen atoms in total. The first-order valence-electron chi connectivity index (χ1n) is 9.91. The molecule has 3 heteroatoms. The Labute approximate surface area is 180 Å². The zero-order valence-electron chi connectivity index (χ0n) is 16.3. The molecule has 1 heterocycles. The molecular formula is C27H20ClNO. The van der Waals surface area contributed by atoms with E-state index in [1.165, 1.54) is 21.8 Å². The number of para-hydroxylation sites is 2. The van der Waals surface area contributed by atoms with Crippen LogP contribution in [0.1, 0.15) is 11.1 Å². The van der Waals surface area contributed by atoms with Crippen molar-refractivity contribution in [2.45, 2.75) is 6.54 Å². The summed E-state index contributed by atoms with van der Waals surface area (Å²) in [6.07, 6.45) is 2.14. The van der Waals surface area contributed by atoms with Crippen molar-refractivity contribution in [2.24, 2.45) is 0 Å². The minimum absolute atomic E-state index is 0.258. The Balaban J connectivity index is 1.72. The highest BCUT2D eigenvalue weighted by Gasteiger charge is 2.13. The van der Waals surface area contributed by atoms with Crippen LogP contribution in [0.15, 0.2) is 97.1 Å². The first-order valence-corrected chi connectivity index (χ1v) is 10.3. The highest BCUT2D eigenvalue weighted by atomic mass is 35.5. The second-order valence-corrected chi connectivity index (χ2v) is 7.77. The number of halogens is 1. The van der Waals surface area contributed by atoms with Gasteiger partial charge in [-0.2, -0.15) is 0 Å². The predicted octanol–water partition coefficient (Wildman–Crippen LogP) is 7.39. The molecule has 0 spiro atoms. The Morgan fingerprint density at radius 3 is 1.93 bits per heavy atom. The lowest BCUT2D eigenvalue weighted by atomic mass is 10.0. The molecule has 1 aromatic heterocycles. The maximum atomic E-state index is 9.65. The van der Waals surface area contributed by atoms with Crippen LogP contribution < -0.4 is 0 Å². The van der Waals surface area contributed by atoms with Gasteiger partial charge in [-0.05, 0) is 53.1 Å². The zero-order valence-corrected chi connectivity index (χ0v) is 17.1. The van der Waals surface area contributed by atoms with E-state index in [-0.39, 0.29) is 5.75 Å². The number of aromatic nitrogens is 1. The molecule has 1 N–H and O–H groups in total. The minimum Gasteiger partial charge on any atom is -0.508 e. The molecule has 5 aromatic rings. The smallest absolute Gasteiger partial charge is 0.115 e. The maximum absolute atomic E-state index is 9.65. The molecule has 0 radical (unpaired) electrons. The summed E-state index contributed by atoms with van der Waals surface area (Å²) in [5.41, 5.74) is 5.53. The number of hydrogen-bond acceptors (Lipinski definition) is 1. The van der Waals surface area contributed by atoms with Crippen molar-refractivity contribution in [3.63, 3.8) is 0 Å². The molecule has 0 fully saturated rings. The van der Waals surface area contributed by atoms with E-state index in [4.69, 9.17) is 11.6 Å². The van der Waals surface area contributed by atoms with E-state index in [0.717, 1.165) is 21.7 Å². The first kappa shape index (κ1) is 18.5. The summed E-state index contributed by atoms with van der Waals surface area (Å²) in [6, 6.07) is 32.2. The molecule has 0 unspecified atom stereocenters. The lowest BCUT2D eigenvalue weighted by molar-refractivity contribution is 0.475. The fourth-order valence-electron chi connectivity index (χ4n) is 4.05. The molecule has 0 aliphatic rings. The van der Waals surface area contributed by atoms with Crippen LogP contribution in [0.5, 0.6) is 5.75 Å². The van der Waals surface area contributed by atoms with Crippen LogP contribution >= 0.6 is 11.6 Å². The standard InChI is InChI=1S/C27H20ClNO/c28-25-10-4-1-7-22(25)20(17-19-13-15-21(30)16-14-19)18-29-26-11-5-2-8-23(26)24-9-3-6-12-27(24)29/h1-17,30H,18H2/b20-17+. The van der Waals surface area contributed by atoms with Crippen LogP contribution in [0.4, 0.5) is 0 Å². The highest BCUT2D eigenvalue weighted by molar-refractivity contribution is 6.32. The largest absolute Gasteiger partial charge is 0.508 e. The van der Waals surface area contributed by atoms with Gasteiger partial charge in [-0.15, -0.1) is 0 Å². The normalized spacial score (nSPS) is 12.0. The van der Waals surface area contributed by atoms with Gasteiger partial charge in [-0.1, -0.05) is 78.3 Å². The second kappa shape index (κ2) is 7.74. The van der Waals surface area contributed by atoms with E-state index >= 15 is 0 Å². The van der Waals surface area contributed by atoms with Crippen LogP contribution in [-0.4, -0.2) is 9.67 Å². The van der Waals surface area contributed by atoms with Crippen molar-refractivity contribution in [1.29, 1.82) is 0 Å². The molecule has 4 aromatic carbocycles. The summed E-state index contributed by atoms with van der Waals surface area (Å²) in [6.45, 7) is 0.679. The molecule has 0 saturated carbocycles. The van der Waals surface area contributed by atoms with Gasteiger partial charge >= 0.3 is 0 Å². The van der Waals surface area contributed by atoms with Crippen LogP contribution in [0.2, 0.25) is 5.02 Å². The lowest BCUT2D eigenvalue weighted by Gasteiger charge is -2.14. The zero-order chi connectivity index (χ0) is 20.5. The predicted molar refractivity (Wildman–Crippen MR) is 127 cm³/mol. The van der Waals surface area contributed by atoms with Crippen LogP contribution in [0, 0.1) is 0 Å². The number of hydrogen-bond donors (Lipinski definition) is 1. The molecule has 5 rings (SSSR count). The number of fused-ring (bicyclic) bond motifs is 3. The van der Waals surface area contributed by atoms with Crippen LogP contribution in [0.3, 0.4) is 0 Å². The Bertz CT molecular complexity index is 1330. The quantitative estimate of drug-likeness (QED) is 0.307. The average molecular weight is 410 g/mol. The van der Waals surface area contributed by atoms with Crippen LogP contribution in [-0.2, 0) is 6.54 Å². The maximum Gasteiger partial charge on any atom is 0.115 e. The number of benzene rings is 4. The van der Waals surface area contributed by atoms with E-state index in [2.05, 4.69) is 65.2 Å². The molecule has 0 aliphatic heterocycles. The summed E-state index contributed by atoms with van der Waals surface area (Å²) >= 11 is 6.60. The van der Waals surface area contributed by atoms with Crippen molar-refractivity contribution in [1.82, 2.24) is 4.57 Å². The number of phenols is 1. The molecular weight excluding hydrogens is 390 g/mol. The molecule has 0 amide bonds. The number of nitrogens with zero attached hydrogens (tertiary/aromatic N) is 1. The van der Waals surface area contributed by atoms with Gasteiger partial charge in [0.1, 0.15) is 5.75 Å². The van der Waals surface area contributed by atoms with E-state index < -0.39 is 0 Å². The van der Waals surface area contributed by atoms with Crippen molar-refractivity contribution in [3.8, 4) is 5.75 Å². The van der Waals surface area contributed by atoms with Crippen molar-refractivity contribution < 1.29 is 5.11 Å².